The molecule has 0 aliphatic carbocycles. The Hall–Kier alpha value is -6.59. The van der Waals surface area contributed by atoms with Gasteiger partial charge in [-0.25, -0.2) is 56.7 Å². The lowest BCUT2D eigenvalue weighted by Gasteiger charge is -2.40. The number of carboxylic acids is 2. The monoisotopic (exact) mass is 2030 g/mol. The van der Waals surface area contributed by atoms with Crippen molar-refractivity contribution in [1.82, 2.24) is 67.5 Å². The minimum Gasteiger partial charge on any atom is -0.481 e. The van der Waals surface area contributed by atoms with Gasteiger partial charge < -0.3 is 44.5 Å². The Bertz CT molecular complexity index is 3740. The quantitative estimate of drug-likeness (QED) is 0.00837. The van der Waals surface area contributed by atoms with Gasteiger partial charge in [0.25, 0.3) is 5.91 Å². The lowest BCUT2D eigenvalue weighted by molar-refractivity contribution is -0.175. The number of hydrogen-bond donors (Lipinski definition) is 15. The molecule has 2 aliphatic heterocycles. The van der Waals surface area contributed by atoms with Crippen molar-refractivity contribution in [2.24, 2.45) is 44.6 Å². The SMILES string of the molecule is C.CC(C)(C)OC(=O)NN.CC(C)(C)OC(=O)NNC(=O)C1(C)COC1.CC(CO)(CCl)C(=O)NN.CC(CO)(CCl)C(=O)NN.CC(CO)(CCl)C(=O)NNC(=O)/C=C\n1cnc(-c2cc(C(F)(F)F)cc(S(F)(F)(F)(F)F)c2)n1.CC1(C(=O)O)COC1.Cc1cc(C)cc(-c2ncn(/C=C\C(=O)O)n2)c1.Cl.Cl.ICI.[2H]CC.[2H]CC. The van der Waals surface area contributed by atoms with Gasteiger partial charge in [-0.3, -0.25) is 61.3 Å². The molecule has 2 saturated heterocycles. The molecule has 4 heterocycles. The molecule has 116 heavy (non-hydrogen) atoms. The molecule has 0 spiro atoms. The van der Waals surface area contributed by atoms with Gasteiger partial charge in [0, 0.05) is 56.1 Å². The number of benzene rings is 2. The van der Waals surface area contributed by atoms with Crippen LogP contribution in [0.1, 0.15) is 131 Å². The number of aryl methyl sites for hydroxylation is 2. The van der Waals surface area contributed by atoms with E-state index in [2.05, 4.69) is 82.3 Å². The number of aliphatic carboxylic acids is 2. The number of ether oxygens (including phenoxy) is 4. The molecule has 34 nitrogen and oxygen atoms in total. The lowest BCUT2D eigenvalue weighted by Crippen LogP contribution is -2.56. The van der Waals surface area contributed by atoms with E-state index in [0.717, 1.165) is 41.4 Å². The number of aliphatic hydroxyl groups is 3. The summed E-state index contributed by atoms with van der Waals surface area (Å²) in [4.78, 5) is 104. The second-order valence-electron chi connectivity index (χ2n) is 26.3. The highest BCUT2D eigenvalue weighted by atomic mass is 127. The number of halogens is 15. The summed E-state index contributed by atoms with van der Waals surface area (Å²) in [5, 5.41) is 51.2. The van der Waals surface area contributed by atoms with Crippen molar-refractivity contribution in [3.8, 4) is 22.8 Å². The second kappa shape index (κ2) is 54.6. The molecule has 0 radical (unpaired) electrons. The van der Waals surface area contributed by atoms with E-state index in [-0.39, 0.29) is 81.1 Å². The van der Waals surface area contributed by atoms with Gasteiger partial charge >= 0.3 is 40.5 Å². The van der Waals surface area contributed by atoms with Crippen LogP contribution in [0, 0.1) is 40.9 Å². The predicted octanol–water partition coefficient (Wildman–Crippen LogP) is 11.4. The number of nitrogens with one attached hydrogen (secondary N) is 7. The van der Waals surface area contributed by atoms with E-state index in [1.807, 2.05) is 53.1 Å². The first-order valence-electron chi connectivity index (χ1n) is 33.6. The van der Waals surface area contributed by atoms with Crippen molar-refractivity contribution < 1.29 is 123 Å². The molecule has 0 bridgehead atoms. The van der Waals surface area contributed by atoms with Crippen molar-refractivity contribution in [2.45, 2.75) is 147 Å². The molecule has 2 fully saturated rings. The molecule has 3 atom stereocenters. The number of amides is 7. The zero-order chi connectivity index (χ0) is 90.7. The van der Waals surface area contributed by atoms with Gasteiger partial charge in [0.2, 0.25) is 23.6 Å². The van der Waals surface area contributed by atoms with E-state index in [9.17, 15) is 75.8 Å². The average molecular weight is 2030 g/mol. The fraction of sp³-hybridized carbons (Fsp3) is 0.561. The van der Waals surface area contributed by atoms with Gasteiger partial charge in [-0.15, -0.1) is 69.8 Å². The minimum atomic E-state index is -10.5. The number of rotatable bonds is 18. The maximum atomic E-state index is 13.2. The predicted molar refractivity (Wildman–Crippen MR) is 447 cm³/mol. The fourth-order valence-electron chi connectivity index (χ4n) is 6.58. The Morgan fingerprint density at radius 1 is 0.595 bits per heavy atom. The van der Waals surface area contributed by atoms with E-state index < -0.39 is 137 Å². The third kappa shape index (κ3) is 47.9. The molecule has 2 aliphatic rings. The van der Waals surface area contributed by atoms with Gasteiger partial charge in [0.05, 0.1) is 75.9 Å². The summed E-state index contributed by atoms with van der Waals surface area (Å²) < 4.78 is 140. The average Bonchev–Trinajstić information content (AvgIpc) is 0.749. The molecular weight excluding hydrogens is 1920 g/mol. The molecule has 7 amide bonds. The highest BCUT2D eigenvalue weighted by Crippen LogP contribution is 3.02. The van der Waals surface area contributed by atoms with Crippen LogP contribution in [0.3, 0.4) is 0 Å². The van der Waals surface area contributed by atoms with Crippen LogP contribution in [0.25, 0.3) is 35.2 Å². The lowest BCUT2D eigenvalue weighted by atomic mass is 9.88. The van der Waals surface area contributed by atoms with Crippen LogP contribution in [0.2, 0.25) is 0 Å². The first-order chi connectivity index (χ1) is 52.5. The van der Waals surface area contributed by atoms with Gasteiger partial charge in [0.15, 0.2) is 11.6 Å². The van der Waals surface area contributed by atoms with Crippen LogP contribution in [0.5, 0.6) is 0 Å². The summed E-state index contributed by atoms with van der Waals surface area (Å²) >= 11 is 20.9. The van der Waals surface area contributed by atoms with Crippen molar-refractivity contribution >= 4 is 181 Å². The summed E-state index contributed by atoms with van der Waals surface area (Å²) in [6, 6.07) is 5.31. The number of aliphatic hydroxyl groups excluding tert-OH is 3. The van der Waals surface area contributed by atoms with Crippen molar-refractivity contribution in [3.63, 3.8) is 0 Å². The number of aromatic nitrogens is 6. The van der Waals surface area contributed by atoms with E-state index in [4.69, 9.17) is 99.6 Å². The van der Waals surface area contributed by atoms with Gasteiger partial charge in [-0.1, -0.05) is 117 Å². The molecule has 4 aromatic rings. The van der Waals surface area contributed by atoms with Gasteiger partial charge in [0.1, 0.15) is 34.2 Å². The Kier molecular flexibility index (Phi) is 55.5. The van der Waals surface area contributed by atoms with E-state index in [1.54, 1.807) is 69.2 Å². The van der Waals surface area contributed by atoms with Crippen molar-refractivity contribution in [1.29, 1.82) is 0 Å². The summed E-state index contributed by atoms with van der Waals surface area (Å²) in [5.41, 5.74) is 8.82. The van der Waals surface area contributed by atoms with Crippen LogP contribution in [0.4, 0.5) is 42.2 Å². The summed E-state index contributed by atoms with van der Waals surface area (Å²) in [6.45, 7) is 27.2. The van der Waals surface area contributed by atoms with E-state index >= 15 is 0 Å². The molecule has 0 saturated carbocycles. The molecular formula is C66H109Cl5F8I2N16O18S. The minimum absolute atomic E-state index is 0. The largest absolute Gasteiger partial charge is 0.481 e. The second-order valence-corrected chi connectivity index (χ2v) is 34.0. The normalized spacial score (nSPS) is 14.9. The van der Waals surface area contributed by atoms with Crippen LogP contribution in [-0.2, 0) is 58.7 Å². The van der Waals surface area contributed by atoms with Gasteiger partial charge in [-0.2, -0.15) is 13.2 Å². The Labute approximate surface area is 725 Å². The van der Waals surface area contributed by atoms with E-state index in [0.29, 0.717) is 50.7 Å². The number of nitrogens with two attached hydrogens (primary N) is 3. The van der Waals surface area contributed by atoms with Crippen LogP contribution in [0.15, 0.2) is 66.1 Å². The molecule has 6 rings (SSSR count). The number of carboxylic acid groups (broad SMARTS) is 2. The summed E-state index contributed by atoms with van der Waals surface area (Å²) in [7, 11) is -10.5. The topological polar surface area (TPSA) is 515 Å². The maximum absolute atomic E-state index is 13.2. The number of hydrogen-bond acceptors (Lipinski definition) is 23. The van der Waals surface area contributed by atoms with Crippen LogP contribution >= 0.6 is 115 Å². The standard InChI is InChI=1S/C17H16ClF8N5O3S.C13H13N3O2.C10H18N2O4.2C5H11ClN2O2.C5H12N2O2.C5H8O3.2C2H6.CH2I2.CH4.2ClH/c1-16(7-18,8-32)15(34)29-28-13(33)2-3-31-9-27-14(30-31)10-4-11(17(19,20)21)6-12(5-10)35(22,23,24,25)26;1-9-5-10(2)7-11(6-9)13-14-8-16(15-13)4-3-12(17)18;1-9(2,3)16-8(14)12-11-7(13)10(4)5-15-6-10;2*1-5(2-6,3-9)4(10)8-7;1-5(2,3)9-4(8)7-6;1-5(4(6)7)2-8-3-5;2*1-2;2-1-3;;;/h2-6,9,32H,7-8H2,1H3,(H,28,33)(H,29,34);3-8H,1-2H3,(H,17,18);5-6H2,1-4H3,(H,11,13)(H,12,14);2*9H,2-3,7H2,1H3,(H,8,10);6H2,1-3H3,(H,7,8);2-3H2,1H3,(H,6,7);2*1-2H3;1H2;1H4;2*1H/b3-2-;4-3-;;;;;;;;;;;/i;;;;;;;2*1D;;;;. The number of hydrazine groups is 5. The van der Waals surface area contributed by atoms with Crippen LogP contribution < -0.4 is 55.5 Å². The van der Waals surface area contributed by atoms with Gasteiger partial charge in [-0.05, 0) is 120 Å². The van der Waals surface area contributed by atoms with Crippen molar-refractivity contribution in [2.75, 3.05) is 66.3 Å². The number of nitrogens with zero attached hydrogens (tertiary/aromatic N) is 6. The molecule has 2 aromatic heterocycles. The summed E-state index contributed by atoms with van der Waals surface area (Å²) in [5.74, 6) is 9.30. The zero-order valence-corrected chi connectivity index (χ0v) is 74.2. The number of carbonyl (C=O) groups excluding carboxylic acids is 7. The molecule has 2 aromatic carbocycles. The highest BCUT2D eigenvalue weighted by Gasteiger charge is 2.66. The first kappa shape index (κ1) is 118. The molecule has 18 N–H and O–H groups in total. The fourth-order valence-corrected chi connectivity index (χ4v) is 7.90. The van der Waals surface area contributed by atoms with E-state index in [1.165, 1.54) is 40.4 Å². The van der Waals surface area contributed by atoms with Crippen LogP contribution in [-0.4, -0.2) is 186 Å². The smallest absolute Gasteiger partial charge is 0.426 e. The Balaban J connectivity index is -0.000000254. The number of carbonyl (C=O) groups is 9. The Morgan fingerprint density at radius 3 is 1.23 bits per heavy atom. The zero-order valence-electron chi connectivity index (χ0n) is 67.2. The summed E-state index contributed by atoms with van der Waals surface area (Å²) in [6.07, 6.45) is -0.464. The molecule has 672 valence electrons. The Morgan fingerprint density at radius 2 is 0.957 bits per heavy atom. The molecule has 3 unspecified atom stereocenters. The van der Waals surface area contributed by atoms with Crippen molar-refractivity contribution in [3.05, 3.63) is 77.9 Å². The third-order valence-electron chi connectivity index (χ3n) is 13.3. The number of alkyl halides is 8. The highest BCUT2D eigenvalue weighted by molar-refractivity contribution is 14.2. The third-order valence-corrected chi connectivity index (χ3v) is 16.2. The molecule has 50 heteroatoms. The maximum Gasteiger partial charge on any atom is 0.426 e. The first-order valence-corrected chi connectivity index (χ1v) is 38.8.